The maximum absolute atomic E-state index is 13.3. The fourth-order valence-corrected chi connectivity index (χ4v) is 3.67. The predicted octanol–water partition coefficient (Wildman–Crippen LogP) is 2.24. The Balaban J connectivity index is 1.74. The number of aliphatic carboxylic acids is 1. The number of halogens is 2. The Morgan fingerprint density at radius 2 is 2.13 bits per heavy atom. The van der Waals surface area contributed by atoms with Gasteiger partial charge in [-0.25, -0.2) is 4.39 Å². The largest absolute Gasteiger partial charge is 0.481 e. The molecule has 2 aliphatic heterocycles. The number of benzene rings is 1. The Labute approximate surface area is 138 Å². The Morgan fingerprint density at radius 3 is 2.74 bits per heavy atom. The van der Waals surface area contributed by atoms with Crippen molar-refractivity contribution in [2.24, 2.45) is 11.8 Å². The van der Waals surface area contributed by atoms with Crippen LogP contribution in [-0.4, -0.2) is 47.6 Å². The van der Waals surface area contributed by atoms with E-state index in [2.05, 4.69) is 0 Å². The number of carbonyl (C=O) groups is 2. The molecule has 3 rings (SSSR count). The lowest BCUT2D eigenvalue weighted by Gasteiger charge is -2.23. The van der Waals surface area contributed by atoms with Gasteiger partial charge in [-0.15, -0.1) is 0 Å². The van der Waals surface area contributed by atoms with Crippen LogP contribution in [0.1, 0.15) is 13.3 Å². The smallest absolute Gasteiger partial charge is 0.308 e. The highest BCUT2D eigenvalue weighted by atomic mass is 35.5. The molecule has 124 valence electrons. The summed E-state index contributed by atoms with van der Waals surface area (Å²) in [5, 5.41) is 9.21. The average Bonchev–Trinajstić information content (AvgIpc) is 3.05. The van der Waals surface area contributed by atoms with Crippen LogP contribution < -0.4 is 4.90 Å². The van der Waals surface area contributed by atoms with Crippen LogP contribution in [0.4, 0.5) is 10.1 Å². The topological polar surface area (TPSA) is 60.9 Å². The molecular weight excluding hydrogens is 323 g/mol. The zero-order valence-corrected chi connectivity index (χ0v) is 13.5. The predicted molar refractivity (Wildman–Crippen MR) is 84.0 cm³/mol. The average molecular weight is 341 g/mol. The second-order valence-corrected chi connectivity index (χ2v) is 6.68. The third kappa shape index (κ3) is 2.93. The number of amides is 1. The number of likely N-dealkylation sites (tertiary alicyclic amines) is 1. The fraction of sp³-hybridized carbons (Fsp3) is 0.500. The number of anilines is 1. The van der Waals surface area contributed by atoms with E-state index in [4.69, 9.17) is 11.6 Å². The number of hydrogen-bond acceptors (Lipinski definition) is 3. The molecule has 23 heavy (non-hydrogen) atoms. The van der Waals surface area contributed by atoms with E-state index < -0.39 is 17.7 Å². The molecule has 1 unspecified atom stereocenters. The molecule has 2 fully saturated rings. The van der Waals surface area contributed by atoms with Crippen LogP contribution in [0.25, 0.3) is 0 Å². The van der Waals surface area contributed by atoms with Crippen molar-refractivity contribution in [2.45, 2.75) is 19.4 Å². The Hall–Kier alpha value is -1.66. The molecule has 0 saturated carbocycles. The van der Waals surface area contributed by atoms with Gasteiger partial charge in [-0.1, -0.05) is 18.5 Å². The molecule has 2 heterocycles. The number of hydrogen-bond donors (Lipinski definition) is 1. The third-order valence-electron chi connectivity index (χ3n) is 4.79. The second-order valence-electron chi connectivity index (χ2n) is 6.27. The van der Waals surface area contributed by atoms with Crippen molar-refractivity contribution < 1.29 is 19.1 Å². The Bertz CT molecular complexity index is 654. The van der Waals surface area contributed by atoms with Gasteiger partial charge in [0.05, 0.1) is 17.0 Å². The maximum atomic E-state index is 13.3. The van der Waals surface area contributed by atoms with Crippen LogP contribution in [-0.2, 0) is 9.59 Å². The molecule has 2 aliphatic rings. The van der Waals surface area contributed by atoms with Gasteiger partial charge in [0, 0.05) is 25.3 Å². The molecule has 3 atom stereocenters. The summed E-state index contributed by atoms with van der Waals surface area (Å²) in [6.45, 7) is 3.42. The van der Waals surface area contributed by atoms with Gasteiger partial charge in [-0.2, -0.15) is 0 Å². The lowest BCUT2D eigenvalue weighted by atomic mass is 9.99. The standard InChI is InChI=1S/C16H18ClFN2O3/c1-9-7-19(8-11(9)16(22)23)14-4-5-20(15(14)21)10-2-3-13(18)12(17)6-10/h2-3,6,9,11,14H,4-5,7-8H2,1H3,(H,22,23)/t9-,11-,14?/m1/s1. The number of rotatable bonds is 3. The molecule has 1 amide bonds. The summed E-state index contributed by atoms with van der Waals surface area (Å²) in [7, 11) is 0. The van der Waals surface area contributed by atoms with Crippen molar-refractivity contribution in [3.63, 3.8) is 0 Å². The van der Waals surface area contributed by atoms with Gasteiger partial charge in [0.25, 0.3) is 0 Å². The van der Waals surface area contributed by atoms with Crippen LogP contribution in [0.3, 0.4) is 0 Å². The van der Waals surface area contributed by atoms with Crippen LogP contribution >= 0.6 is 11.6 Å². The van der Waals surface area contributed by atoms with Gasteiger partial charge in [0.1, 0.15) is 5.82 Å². The Morgan fingerprint density at radius 1 is 1.39 bits per heavy atom. The van der Waals surface area contributed by atoms with Gasteiger partial charge < -0.3 is 10.0 Å². The van der Waals surface area contributed by atoms with Crippen LogP contribution in [0.15, 0.2) is 18.2 Å². The molecule has 1 N–H and O–H groups in total. The van der Waals surface area contributed by atoms with Crippen LogP contribution in [0.5, 0.6) is 0 Å². The van der Waals surface area contributed by atoms with Crippen molar-refractivity contribution in [2.75, 3.05) is 24.5 Å². The summed E-state index contributed by atoms with van der Waals surface area (Å²) < 4.78 is 13.3. The Kier molecular flexibility index (Phi) is 4.29. The molecule has 0 radical (unpaired) electrons. The van der Waals surface area contributed by atoms with Crippen molar-refractivity contribution in [1.82, 2.24) is 4.90 Å². The summed E-state index contributed by atoms with van der Waals surface area (Å²) in [6.07, 6.45) is 0.632. The number of carboxylic acid groups (broad SMARTS) is 1. The quantitative estimate of drug-likeness (QED) is 0.916. The van der Waals surface area contributed by atoms with Crippen molar-refractivity contribution in [1.29, 1.82) is 0 Å². The lowest BCUT2D eigenvalue weighted by molar-refractivity contribution is -0.142. The molecule has 1 aromatic carbocycles. The minimum Gasteiger partial charge on any atom is -0.481 e. The van der Waals surface area contributed by atoms with Crippen molar-refractivity contribution >= 4 is 29.2 Å². The van der Waals surface area contributed by atoms with Crippen LogP contribution in [0.2, 0.25) is 5.02 Å². The fourth-order valence-electron chi connectivity index (χ4n) is 3.49. The van der Waals surface area contributed by atoms with Gasteiger partial charge in [-0.05, 0) is 30.5 Å². The van der Waals surface area contributed by atoms with E-state index in [0.29, 0.717) is 31.7 Å². The van der Waals surface area contributed by atoms with Gasteiger partial charge in [0.2, 0.25) is 5.91 Å². The zero-order chi connectivity index (χ0) is 16.7. The van der Waals surface area contributed by atoms with Crippen LogP contribution in [0, 0.1) is 17.7 Å². The first kappa shape index (κ1) is 16.2. The summed E-state index contributed by atoms with van der Waals surface area (Å²) in [4.78, 5) is 27.5. The minimum atomic E-state index is -0.812. The highest BCUT2D eigenvalue weighted by Gasteiger charge is 2.43. The lowest BCUT2D eigenvalue weighted by Crippen LogP contribution is -2.41. The highest BCUT2D eigenvalue weighted by molar-refractivity contribution is 6.31. The van der Waals surface area contributed by atoms with E-state index in [0.717, 1.165) is 0 Å². The highest BCUT2D eigenvalue weighted by Crippen LogP contribution is 2.32. The molecule has 2 saturated heterocycles. The van der Waals surface area contributed by atoms with Gasteiger partial charge in [-0.3, -0.25) is 14.5 Å². The molecule has 1 aromatic rings. The summed E-state index contributed by atoms with van der Waals surface area (Å²) in [6, 6.07) is 3.92. The van der Waals surface area contributed by atoms with E-state index >= 15 is 0 Å². The normalized spacial score (nSPS) is 28.6. The molecule has 7 heteroatoms. The van der Waals surface area contributed by atoms with Crippen molar-refractivity contribution in [3.8, 4) is 0 Å². The molecular formula is C16H18ClFN2O3. The minimum absolute atomic E-state index is 0.0144. The summed E-state index contributed by atoms with van der Waals surface area (Å²) in [5.41, 5.74) is 0.575. The van der Waals surface area contributed by atoms with E-state index in [1.54, 1.807) is 4.90 Å². The first-order valence-corrected chi connectivity index (χ1v) is 7.99. The van der Waals surface area contributed by atoms with E-state index in [9.17, 15) is 19.1 Å². The summed E-state index contributed by atoms with van der Waals surface area (Å²) >= 11 is 5.79. The van der Waals surface area contributed by atoms with E-state index in [-0.39, 0.29) is 22.9 Å². The molecule has 0 spiro atoms. The van der Waals surface area contributed by atoms with Gasteiger partial charge >= 0.3 is 5.97 Å². The third-order valence-corrected chi connectivity index (χ3v) is 5.08. The monoisotopic (exact) mass is 340 g/mol. The molecule has 5 nitrogen and oxygen atoms in total. The van der Waals surface area contributed by atoms with Crippen molar-refractivity contribution in [3.05, 3.63) is 29.0 Å². The first-order chi connectivity index (χ1) is 10.9. The second kappa shape index (κ2) is 6.09. The van der Waals surface area contributed by atoms with E-state index in [1.165, 1.54) is 18.2 Å². The number of nitrogens with zero attached hydrogens (tertiary/aromatic N) is 2. The summed E-state index contributed by atoms with van der Waals surface area (Å²) in [5.74, 6) is -1.82. The first-order valence-electron chi connectivity index (χ1n) is 7.61. The molecule has 0 aliphatic carbocycles. The molecule has 0 aromatic heterocycles. The maximum Gasteiger partial charge on any atom is 0.308 e. The number of carboxylic acids is 1. The SMILES string of the molecule is C[C@@H]1CN(C2CCN(c3ccc(F)c(Cl)c3)C2=O)C[C@H]1C(=O)O. The zero-order valence-electron chi connectivity index (χ0n) is 12.7. The van der Waals surface area contributed by atoms with Gasteiger partial charge in [0.15, 0.2) is 0 Å². The molecule has 0 bridgehead atoms. The van der Waals surface area contributed by atoms with E-state index in [1.807, 2.05) is 11.8 Å². The number of carbonyl (C=O) groups excluding carboxylic acids is 1.